The van der Waals surface area contributed by atoms with Crippen LogP contribution in [0.25, 0.3) is 0 Å². The molecule has 1 heterocycles. The highest BCUT2D eigenvalue weighted by molar-refractivity contribution is 9.11. The van der Waals surface area contributed by atoms with Gasteiger partial charge in [-0.2, -0.15) is 0 Å². The molecule has 0 saturated heterocycles. The molecule has 3 heteroatoms. The third-order valence-electron chi connectivity index (χ3n) is 2.72. The van der Waals surface area contributed by atoms with Gasteiger partial charge in [-0.05, 0) is 65.8 Å². The van der Waals surface area contributed by atoms with Crippen molar-refractivity contribution in [3.63, 3.8) is 0 Å². The summed E-state index contributed by atoms with van der Waals surface area (Å²) in [5.41, 5.74) is 0. The molecule has 1 fully saturated rings. The van der Waals surface area contributed by atoms with Crippen LogP contribution < -0.4 is 5.32 Å². The number of halogens is 1. The van der Waals surface area contributed by atoms with Crippen molar-refractivity contribution in [2.45, 2.75) is 25.7 Å². The maximum atomic E-state index is 3.51. The lowest BCUT2D eigenvalue weighted by Gasteiger charge is -2.00. The molecule has 0 aromatic carbocycles. The molecule has 1 nitrogen and oxygen atoms in total. The van der Waals surface area contributed by atoms with Crippen LogP contribution in [0.4, 0.5) is 0 Å². The van der Waals surface area contributed by atoms with Crippen molar-refractivity contribution in [3.8, 4) is 0 Å². The second-order valence-corrected chi connectivity index (χ2v) is 6.44. The molecule has 1 N–H and O–H groups in total. The maximum Gasteiger partial charge on any atom is 0.0701 e. The Kier molecular flexibility index (Phi) is 3.63. The summed E-state index contributed by atoms with van der Waals surface area (Å²) in [7, 11) is 0. The molecule has 1 aliphatic rings. The number of rotatable bonds is 5. The number of hydrogen-bond donors (Lipinski definition) is 1. The monoisotopic (exact) mass is 273 g/mol. The Morgan fingerprint density at radius 1 is 1.57 bits per heavy atom. The zero-order valence-corrected chi connectivity index (χ0v) is 10.8. The average molecular weight is 274 g/mol. The predicted octanol–water partition coefficient (Wildman–Crippen LogP) is 3.61. The molecule has 1 saturated carbocycles. The van der Waals surface area contributed by atoms with Gasteiger partial charge in [0.05, 0.1) is 3.79 Å². The Labute approximate surface area is 98.0 Å². The molecule has 78 valence electrons. The van der Waals surface area contributed by atoms with Crippen molar-refractivity contribution in [3.05, 3.63) is 20.8 Å². The smallest absolute Gasteiger partial charge is 0.0701 e. The minimum atomic E-state index is 0.843. The summed E-state index contributed by atoms with van der Waals surface area (Å²) in [6.07, 6.45) is 2.62. The molecule has 1 aromatic rings. The van der Waals surface area contributed by atoms with Crippen LogP contribution in [-0.4, -0.2) is 13.1 Å². The summed E-state index contributed by atoms with van der Waals surface area (Å²) >= 11 is 5.41. The van der Waals surface area contributed by atoms with Crippen molar-refractivity contribution in [2.75, 3.05) is 13.1 Å². The van der Waals surface area contributed by atoms with Gasteiger partial charge < -0.3 is 5.32 Å². The second-order valence-electron chi connectivity index (χ2n) is 3.95. The quantitative estimate of drug-likeness (QED) is 0.809. The Morgan fingerprint density at radius 2 is 2.43 bits per heavy atom. The van der Waals surface area contributed by atoms with Crippen molar-refractivity contribution in [1.82, 2.24) is 5.32 Å². The summed E-state index contributed by atoms with van der Waals surface area (Å²) in [4.78, 5) is 1.56. The molecule has 14 heavy (non-hydrogen) atoms. The van der Waals surface area contributed by atoms with Crippen LogP contribution in [0.2, 0.25) is 0 Å². The van der Waals surface area contributed by atoms with Gasteiger partial charge >= 0.3 is 0 Å². The van der Waals surface area contributed by atoms with Crippen LogP contribution in [0.15, 0.2) is 15.9 Å². The van der Waals surface area contributed by atoms with Crippen LogP contribution in [0.1, 0.15) is 30.6 Å². The topological polar surface area (TPSA) is 12.0 Å². The fourth-order valence-corrected chi connectivity index (χ4v) is 3.44. The Morgan fingerprint density at radius 3 is 3.07 bits per heavy atom. The van der Waals surface area contributed by atoms with Gasteiger partial charge in [0.25, 0.3) is 0 Å². The highest BCUT2D eigenvalue weighted by Gasteiger charge is 2.38. The molecule has 0 spiro atoms. The van der Waals surface area contributed by atoms with E-state index in [0.717, 1.165) is 18.4 Å². The molecule has 1 aromatic heterocycles. The largest absolute Gasteiger partial charge is 0.316 e. The molecule has 0 radical (unpaired) electrons. The highest BCUT2D eigenvalue weighted by atomic mass is 79.9. The van der Waals surface area contributed by atoms with Gasteiger partial charge in [-0.25, -0.2) is 0 Å². The summed E-state index contributed by atoms with van der Waals surface area (Å²) in [5, 5.41) is 3.50. The minimum Gasteiger partial charge on any atom is -0.316 e. The van der Waals surface area contributed by atoms with Gasteiger partial charge in [-0.1, -0.05) is 6.92 Å². The van der Waals surface area contributed by atoms with Crippen LogP contribution in [0.3, 0.4) is 0 Å². The van der Waals surface area contributed by atoms with E-state index in [9.17, 15) is 0 Å². The van der Waals surface area contributed by atoms with Gasteiger partial charge in [-0.15, -0.1) is 11.3 Å². The Hall–Kier alpha value is 0.140. The number of thiophene rings is 1. The van der Waals surface area contributed by atoms with E-state index in [1.54, 1.807) is 4.88 Å². The van der Waals surface area contributed by atoms with E-state index in [2.05, 4.69) is 40.3 Å². The van der Waals surface area contributed by atoms with Crippen molar-refractivity contribution < 1.29 is 0 Å². The maximum absolute atomic E-state index is 3.51. The van der Waals surface area contributed by atoms with Crippen molar-refractivity contribution in [2.24, 2.45) is 5.92 Å². The molecule has 2 atom stereocenters. The van der Waals surface area contributed by atoms with Crippen LogP contribution in [0.5, 0.6) is 0 Å². The first-order valence-electron chi connectivity index (χ1n) is 5.27. The molecule has 2 rings (SSSR count). The number of nitrogens with one attached hydrogen (secondary N) is 1. The zero-order chi connectivity index (χ0) is 9.97. The van der Waals surface area contributed by atoms with E-state index in [4.69, 9.17) is 0 Å². The predicted molar refractivity (Wildman–Crippen MR) is 66.0 cm³/mol. The molecule has 2 unspecified atom stereocenters. The van der Waals surface area contributed by atoms with Crippen molar-refractivity contribution in [1.29, 1.82) is 0 Å². The Bertz CT molecular complexity index is 297. The SMILES string of the molecule is CCCNCC1CC1c1ccc(Br)s1. The van der Waals surface area contributed by atoms with Gasteiger partial charge in [0.2, 0.25) is 0 Å². The summed E-state index contributed by atoms with van der Waals surface area (Å²) < 4.78 is 1.26. The highest BCUT2D eigenvalue weighted by Crippen LogP contribution is 2.49. The molecule has 0 amide bonds. The average Bonchev–Trinajstić information content (AvgIpc) is 2.81. The van der Waals surface area contributed by atoms with E-state index < -0.39 is 0 Å². The molecule has 0 bridgehead atoms. The first-order chi connectivity index (χ1) is 6.81. The van der Waals surface area contributed by atoms with Crippen LogP contribution in [0, 0.1) is 5.92 Å². The van der Waals surface area contributed by atoms with Gasteiger partial charge in [0.1, 0.15) is 0 Å². The molecular weight excluding hydrogens is 258 g/mol. The van der Waals surface area contributed by atoms with E-state index in [1.807, 2.05) is 11.3 Å². The summed E-state index contributed by atoms with van der Waals surface area (Å²) in [5.74, 6) is 1.74. The third-order valence-corrected chi connectivity index (χ3v) is 4.47. The molecule has 1 aliphatic carbocycles. The second kappa shape index (κ2) is 4.77. The van der Waals surface area contributed by atoms with Gasteiger partial charge in [0, 0.05) is 4.88 Å². The van der Waals surface area contributed by atoms with E-state index in [-0.39, 0.29) is 0 Å². The first kappa shape index (κ1) is 10.7. The first-order valence-corrected chi connectivity index (χ1v) is 6.88. The van der Waals surface area contributed by atoms with E-state index in [1.165, 1.54) is 23.2 Å². The molecule has 0 aliphatic heterocycles. The number of hydrogen-bond acceptors (Lipinski definition) is 2. The Balaban J connectivity index is 1.76. The lowest BCUT2D eigenvalue weighted by molar-refractivity contribution is 0.621. The fourth-order valence-electron chi connectivity index (χ4n) is 1.81. The van der Waals surface area contributed by atoms with Gasteiger partial charge in [0.15, 0.2) is 0 Å². The van der Waals surface area contributed by atoms with Crippen molar-refractivity contribution >= 4 is 27.3 Å². The minimum absolute atomic E-state index is 0.843. The van der Waals surface area contributed by atoms with Crippen LogP contribution in [-0.2, 0) is 0 Å². The lowest BCUT2D eigenvalue weighted by Crippen LogP contribution is -2.17. The zero-order valence-electron chi connectivity index (χ0n) is 8.42. The molecular formula is C11H16BrNS. The summed E-state index contributed by atoms with van der Waals surface area (Å²) in [6, 6.07) is 4.42. The van der Waals surface area contributed by atoms with Gasteiger partial charge in [-0.3, -0.25) is 0 Å². The van der Waals surface area contributed by atoms with E-state index in [0.29, 0.717) is 0 Å². The fraction of sp³-hybridized carbons (Fsp3) is 0.636. The standard InChI is InChI=1S/C11H16BrNS/c1-2-5-13-7-8-6-9(8)10-3-4-11(12)14-10/h3-4,8-9,13H,2,5-7H2,1H3. The lowest BCUT2D eigenvalue weighted by atomic mass is 10.2. The van der Waals surface area contributed by atoms with E-state index >= 15 is 0 Å². The normalized spacial score (nSPS) is 25.3. The van der Waals surface area contributed by atoms with Crippen LogP contribution >= 0.6 is 27.3 Å². The third kappa shape index (κ3) is 2.59. The summed E-state index contributed by atoms with van der Waals surface area (Å²) in [6.45, 7) is 4.58.